The van der Waals surface area contributed by atoms with E-state index in [1.807, 2.05) is 59.0 Å². The first kappa shape index (κ1) is 21.0. The van der Waals surface area contributed by atoms with Gasteiger partial charge in [-0.05, 0) is 18.1 Å². The maximum atomic E-state index is 11.2. The third-order valence-corrected chi connectivity index (χ3v) is 3.36. The van der Waals surface area contributed by atoms with Crippen molar-refractivity contribution < 1.29 is 14.3 Å². The largest absolute Gasteiger partial charge is 0.453 e. The molecule has 0 aromatic heterocycles. The number of likely N-dealkylation sites (tertiary alicyclic amines) is 1. The molecule has 1 aromatic rings. The van der Waals surface area contributed by atoms with E-state index >= 15 is 0 Å². The van der Waals surface area contributed by atoms with E-state index in [0.717, 1.165) is 30.8 Å². The highest BCUT2D eigenvalue weighted by Gasteiger charge is 2.22. The van der Waals surface area contributed by atoms with E-state index in [0.29, 0.717) is 6.42 Å². The van der Waals surface area contributed by atoms with Crippen molar-refractivity contribution >= 4 is 17.7 Å². The van der Waals surface area contributed by atoms with Crippen LogP contribution < -0.4 is 4.90 Å². The molecule has 5 heteroatoms. The number of carbonyl (C=O) groups excluding carboxylic acids is 2. The van der Waals surface area contributed by atoms with E-state index in [4.69, 9.17) is 0 Å². The second kappa shape index (κ2) is 11.5. The molecule has 0 aliphatic carbocycles. The third-order valence-electron chi connectivity index (χ3n) is 3.36. The van der Waals surface area contributed by atoms with Crippen molar-refractivity contribution in [1.82, 2.24) is 4.90 Å². The number of amides is 2. The molecular weight excluding hydrogens is 292 g/mol. The average molecular weight is 322 g/mol. The normalized spacial score (nSPS) is 13.9. The van der Waals surface area contributed by atoms with Gasteiger partial charge in [0.05, 0.1) is 13.5 Å². The summed E-state index contributed by atoms with van der Waals surface area (Å²) in [5, 5.41) is 0. The smallest absolute Gasteiger partial charge is 0.409 e. The van der Waals surface area contributed by atoms with Gasteiger partial charge in [0.25, 0.3) is 0 Å². The molecule has 0 spiro atoms. The molecule has 2 amide bonds. The van der Waals surface area contributed by atoms with Gasteiger partial charge in [-0.1, -0.05) is 45.9 Å². The number of methoxy groups -OCH3 is 1. The lowest BCUT2D eigenvalue weighted by atomic mass is 10.2. The first-order valence-electron chi connectivity index (χ1n) is 8.31. The van der Waals surface area contributed by atoms with E-state index in [9.17, 15) is 9.59 Å². The number of rotatable bonds is 0. The van der Waals surface area contributed by atoms with Gasteiger partial charge in [-0.15, -0.1) is 0 Å². The Bertz CT molecular complexity index is 485. The van der Waals surface area contributed by atoms with E-state index < -0.39 is 0 Å². The summed E-state index contributed by atoms with van der Waals surface area (Å²) in [7, 11) is 3.22. The highest BCUT2D eigenvalue weighted by Crippen LogP contribution is 2.26. The Morgan fingerprint density at radius 1 is 1.09 bits per heavy atom. The van der Waals surface area contributed by atoms with Gasteiger partial charge in [-0.2, -0.15) is 0 Å². The van der Waals surface area contributed by atoms with Crippen LogP contribution in [0.25, 0.3) is 0 Å². The van der Waals surface area contributed by atoms with Crippen molar-refractivity contribution in [3.8, 4) is 0 Å². The number of anilines is 1. The Morgan fingerprint density at radius 3 is 2.04 bits per heavy atom. The fraction of sp³-hybridized carbons (Fsp3) is 0.556. The second-order valence-corrected chi connectivity index (χ2v) is 4.57. The van der Waals surface area contributed by atoms with Gasteiger partial charge in [-0.3, -0.25) is 4.79 Å². The molecule has 23 heavy (non-hydrogen) atoms. The second-order valence-electron chi connectivity index (χ2n) is 4.57. The number of nitrogens with zero attached hydrogens (tertiary/aromatic N) is 2. The minimum absolute atomic E-state index is 0.186. The van der Waals surface area contributed by atoms with Crippen LogP contribution >= 0.6 is 0 Å². The summed E-state index contributed by atoms with van der Waals surface area (Å²) in [6.45, 7) is 9.74. The molecule has 0 unspecified atom stereocenters. The summed E-state index contributed by atoms with van der Waals surface area (Å²) < 4.78 is 4.44. The Kier molecular flexibility index (Phi) is 10.5. The molecule has 130 valence electrons. The number of hydrogen-bond donors (Lipinski definition) is 0. The lowest BCUT2D eigenvalue weighted by Crippen LogP contribution is -2.41. The summed E-state index contributed by atoms with van der Waals surface area (Å²) in [5.74, 6) is 0.186. The van der Waals surface area contributed by atoms with Crippen LogP contribution in [0.1, 0.15) is 39.7 Å². The zero-order chi connectivity index (χ0) is 17.8. The van der Waals surface area contributed by atoms with Gasteiger partial charge in [0.2, 0.25) is 5.91 Å². The van der Waals surface area contributed by atoms with Crippen LogP contribution in [0.4, 0.5) is 10.5 Å². The maximum absolute atomic E-state index is 11.2. The molecule has 3 rings (SSSR count). The van der Waals surface area contributed by atoms with Crippen molar-refractivity contribution in [2.45, 2.75) is 40.5 Å². The van der Waals surface area contributed by atoms with Crippen LogP contribution in [0.5, 0.6) is 0 Å². The zero-order valence-corrected chi connectivity index (χ0v) is 15.3. The fourth-order valence-electron chi connectivity index (χ4n) is 2.03. The molecule has 5 nitrogen and oxygen atoms in total. The first-order chi connectivity index (χ1) is 11.1. The summed E-state index contributed by atoms with van der Waals surface area (Å²) in [4.78, 5) is 25.0. The van der Waals surface area contributed by atoms with Crippen LogP contribution in [0.2, 0.25) is 0 Å². The minimum Gasteiger partial charge on any atom is -0.453 e. The standard InChI is InChI=1S/C9H9NO.C5H9NO2.2C2H6/c1-10-8-5-3-2-4-7(8)6-9(10)11;1-8-5(7)6-3-2-4-6;2*1-2/h2-5H,6H2,1H3;2-4H2,1H3;2*1-2H3. The van der Waals surface area contributed by atoms with Gasteiger partial charge in [0, 0.05) is 25.8 Å². The van der Waals surface area contributed by atoms with Crippen molar-refractivity contribution in [3.63, 3.8) is 0 Å². The van der Waals surface area contributed by atoms with Crippen LogP contribution in [0.15, 0.2) is 24.3 Å². The molecule has 0 atom stereocenters. The van der Waals surface area contributed by atoms with E-state index in [1.54, 1.807) is 9.80 Å². The lowest BCUT2D eigenvalue weighted by molar-refractivity contribution is -0.117. The number of para-hydroxylation sites is 1. The number of carbonyl (C=O) groups is 2. The molecule has 0 bridgehead atoms. The van der Waals surface area contributed by atoms with Gasteiger partial charge in [0.1, 0.15) is 0 Å². The molecule has 1 saturated heterocycles. The summed E-state index contributed by atoms with van der Waals surface area (Å²) in [5.41, 5.74) is 2.19. The van der Waals surface area contributed by atoms with Crippen LogP contribution in [-0.2, 0) is 16.0 Å². The topological polar surface area (TPSA) is 49.9 Å². The van der Waals surface area contributed by atoms with Crippen molar-refractivity contribution in [3.05, 3.63) is 29.8 Å². The summed E-state index contributed by atoms with van der Waals surface area (Å²) in [6.07, 6.45) is 1.48. The van der Waals surface area contributed by atoms with E-state index in [1.165, 1.54) is 7.11 Å². The van der Waals surface area contributed by atoms with Gasteiger partial charge >= 0.3 is 6.09 Å². The van der Waals surface area contributed by atoms with Crippen LogP contribution in [-0.4, -0.2) is 44.1 Å². The number of likely N-dealkylation sites (N-methyl/N-ethyl adjacent to an activating group) is 1. The molecular formula is C18H30N2O3. The molecule has 1 aromatic carbocycles. The van der Waals surface area contributed by atoms with Crippen LogP contribution in [0, 0.1) is 0 Å². The molecule has 2 heterocycles. The van der Waals surface area contributed by atoms with Gasteiger partial charge in [-0.25, -0.2) is 4.79 Å². The molecule has 0 saturated carbocycles. The predicted molar refractivity (Wildman–Crippen MR) is 94.8 cm³/mol. The van der Waals surface area contributed by atoms with E-state index in [2.05, 4.69) is 4.74 Å². The number of hydrogen-bond acceptors (Lipinski definition) is 3. The Balaban J connectivity index is 0.000000358. The minimum atomic E-state index is -0.198. The highest BCUT2D eigenvalue weighted by molar-refractivity contribution is 6.00. The third kappa shape index (κ3) is 5.93. The van der Waals surface area contributed by atoms with Crippen molar-refractivity contribution in [2.75, 3.05) is 32.1 Å². The molecule has 2 aliphatic rings. The Morgan fingerprint density at radius 2 is 1.65 bits per heavy atom. The number of benzene rings is 1. The highest BCUT2D eigenvalue weighted by atomic mass is 16.5. The Labute approximate surface area is 140 Å². The lowest BCUT2D eigenvalue weighted by Gasteiger charge is -2.28. The first-order valence-corrected chi connectivity index (χ1v) is 8.31. The van der Waals surface area contributed by atoms with Crippen LogP contribution in [0.3, 0.4) is 0 Å². The van der Waals surface area contributed by atoms with Crippen molar-refractivity contribution in [2.24, 2.45) is 0 Å². The molecule has 0 radical (unpaired) electrons. The summed E-state index contributed by atoms with van der Waals surface area (Å²) in [6, 6.07) is 7.89. The average Bonchev–Trinajstić information content (AvgIpc) is 2.85. The zero-order valence-electron chi connectivity index (χ0n) is 15.3. The Hall–Kier alpha value is -2.04. The quantitative estimate of drug-likeness (QED) is 0.731. The van der Waals surface area contributed by atoms with Gasteiger partial charge < -0.3 is 14.5 Å². The van der Waals surface area contributed by atoms with E-state index in [-0.39, 0.29) is 12.0 Å². The predicted octanol–water partition coefficient (Wildman–Crippen LogP) is 3.72. The number of ether oxygens (including phenoxy) is 1. The monoisotopic (exact) mass is 322 g/mol. The van der Waals surface area contributed by atoms with Crippen molar-refractivity contribution in [1.29, 1.82) is 0 Å². The maximum Gasteiger partial charge on any atom is 0.409 e. The molecule has 2 aliphatic heterocycles. The fourth-order valence-corrected chi connectivity index (χ4v) is 2.03. The summed E-state index contributed by atoms with van der Waals surface area (Å²) >= 11 is 0. The molecule has 0 N–H and O–H groups in total. The SMILES string of the molecule is CC.CC.CN1C(=O)Cc2ccccc21.COC(=O)N1CCC1. The number of fused-ring (bicyclic) bond motifs is 1. The van der Waals surface area contributed by atoms with Gasteiger partial charge in [0.15, 0.2) is 0 Å². The molecule has 1 fully saturated rings.